The summed E-state index contributed by atoms with van der Waals surface area (Å²) in [5.74, 6) is -1.19. The zero-order chi connectivity index (χ0) is 13.2. The molecule has 94 valence electrons. The number of aromatic carboxylic acids is 1. The maximum absolute atomic E-state index is 11.9. The lowest BCUT2D eigenvalue weighted by Crippen LogP contribution is -2.26. The molecule has 0 unspecified atom stereocenters. The average molecular weight is 278 g/mol. The maximum Gasteiger partial charge on any atom is 0.337 e. The monoisotopic (exact) mass is 277 g/mol. The third-order valence-electron chi connectivity index (χ3n) is 2.32. The fraction of sp³-hybridized carbons (Fsp3) is 0.300. The lowest BCUT2D eigenvalue weighted by atomic mass is 10.2. The Bertz CT molecular complexity index is 541. The fourth-order valence-corrected chi connectivity index (χ4v) is 2.71. The summed E-state index contributed by atoms with van der Waals surface area (Å²) >= 11 is 5.71. The highest BCUT2D eigenvalue weighted by Gasteiger charge is 2.21. The molecule has 0 heterocycles. The molecule has 1 aromatic carbocycles. The van der Waals surface area contributed by atoms with Crippen LogP contribution in [0.15, 0.2) is 23.1 Å². The minimum absolute atomic E-state index is 0.0168. The first-order chi connectivity index (χ1) is 7.80. The molecule has 1 aromatic rings. The van der Waals surface area contributed by atoms with Crippen LogP contribution in [0.5, 0.6) is 0 Å². The molecule has 7 heteroatoms. The standard InChI is InChI=1S/C10H12ClNO4S/c1-3-12(2)17(15,16)7-4-5-8(10(13)14)9(11)6-7/h4-6H,3H2,1-2H3,(H,13,14). The SMILES string of the molecule is CCN(C)S(=O)(=O)c1ccc(C(=O)O)c(Cl)c1. The lowest BCUT2D eigenvalue weighted by molar-refractivity contribution is 0.0697. The Hall–Kier alpha value is -1.11. The molecule has 0 saturated carbocycles. The molecular formula is C10H12ClNO4S. The van der Waals surface area contributed by atoms with E-state index in [0.29, 0.717) is 6.54 Å². The minimum atomic E-state index is -3.60. The summed E-state index contributed by atoms with van der Waals surface area (Å²) in [5, 5.41) is 8.68. The molecular weight excluding hydrogens is 266 g/mol. The van der Waals surface area contributed by atoms with Gasteiger partial charge in [-0.15, -0.1) is 0 Å². The van der Waals surface area contributed by atoms with Crippen LogP contribution in [0.1, 0.15) is 17.3 Å². The number of nitrogens with zero attached hydrogens (tertiary/aromatic N) is 1. The summed E-state index contributed by atoms with van der Waals surface area (Å²) in [7, 11) is -2.16. The van der Waals surface area contributed by atoms with E-state index >= 15 is 0 Å². The van der Waals surface area contributed by atoms with Crippen LogP contribution in [-0.2, 0) is 10.0 Å². The molecule has 1 rings (SSSR count). The lowest BCUT2D eigenvalue weighted by Gasteiger charge is -2.15. The summed E-state index contributed by atoms with van der Waals surface area (Å²) in [6.07, 6.45) is 0. The first kappa shape index (κ1) is 14.0. The van der Waals surface area contributed by atoms with E-state index in [1.807, 2.05) is 0 Å². The van der Waals surface area contributed by atoms with Crippen LogP contribution in [0.25, 0.3) is 0 Å². The minimum Gasteiger partial charge on any atom is -0.478 e. The van der Waals surface area contributed by atoms with Crippen LogP contribution < -0.4 is 0 Å². The quantitative estimate of drug-likeness (QED) is 0.908. The van der Waals surface area contributed by atoms with Crippen LogP contribution in [-0.4, -0.2) is 37.4 Å². The largest absolute Gasteiger partial charge is 0.478 e. The van der Waals surface area contributed by atoms with Crippen LogP contribution in [0, 0.1) is 0 Å². The van der Waals surface area contributed by atoms with E-state index in [9.17, 15) is 13.2 Å². The molecule has 0 fully saturated rings. The number of hydrogen-bond donors (Lipinski definition) is 1. The molecule has 0 bridgehead atoms. The normalized spacial score (nSPS) is 11.8. The third kappa shape index (κ3) is 2.77. The van der Waals surface area contributed by atoms with Crippen molar-refractivity contribution in [1.29, 1.82) is 0 Å². The van der Waals surface area contributed by atoms with Crippen molar-refractivity contribution < 1.29 is 18.3 Å². The van der Waals surface area contributed by atoms with E-state index in [2.05, 4.69) is 0 Å². The highest BCUT2D eigenvalue weighted by atomic mass is 35.5. The number of carboxylic acid groups (broad SMARTS) is 1. The predicted octanol–water partition coefficient (Wildman–Crippen LogP) is 1.68. The van der Waals surface area contributed by atoms with Gasteiger partial charge in [0, 0.05) is 13.6 Å². The van der Waals surface area contributed by atoms with E-state index in [0.717, 1.165) is 10.4 Å². The Morgan fingerprint density at radius 1 is 1.47 bits per heavy atom. The summed E-state index contributed by atoms with van der Waals surface area (Å²) in [4.78, 5) is 10.7. The molecule has 17 heavy (non-hydrogen) atoms. The van der Waals surface area contributed by atoms with Crippen molar-refractivity contribution in [3.8, 4) is 0 Å². The van der Waals surface area contributed by atoms with Crippen molar-refractivity contribution in [2.45, 2.75) is 11.8 Å². The predicted molar refractivity (Wildman–Crippen MR) is 63.9 cm³/mol. The Morgan fingerprint density at radius 2 is 2.06 bits per heavy atom. The van der Waals surface area contributed by atoms with Crippen LogP contribution in [0.2, 0.25) is 5.02 Å². The first-order valence-corrected chi connectivity index (χ1v) is 6.61. The Balaban J connectivity index is 3.28. The van der Waals surface area contributed by atoms with Crippen LogP contribution >= 0.6 is 11.6 Å². The van der Waals surface area contributed by atoms with Crippen molar-refractivity contribution in [1.82, 2.24) is 4.31 Å². The van der Waals surface area contributed by atoms with Gasteiger partial charge in [0.1, 0.15) is 0 Å². The second kappa shape index (κ2) is 5.03. The van der Waals surface area contributed by atoms with Gasteiger partial charge < -0.3 is 5.11 Å². The first-order valence-electron chi connectivity index (χ1n) is 4.80. The van der Waals surface area contributed by atoms with Crippen LogP contribution in [0.3, 0.4) is 0 Å². The number of hydrogen-bond acceptors (Lipinski definition) is 3. The smallest absolute Gasteiger partial charge is 0.337 e. The van der Waals surface area contributed by atoms with E-state index in [1.54, 1.807) is 6.92 Å². The van der Waals surface area contributed by atoms with Gasteiger partial charge in [0.25, 0.3) is 0 Å². The van der Waals surface area contributed by atoms with Gasteiger partial charge in [0.2, 0.25) is 10.0 Å². The van der Waals surface area contributed by atoms with Crippen LogP contribution in [0.4, 0.5) is 0 Å². The zero-order valence-corrected chi connectivity index (χ0v) is 10.9. The number of rotatable bonds is 4. The highest BCUT2D eigenvalue weighted by molar-refractivity contribution is 7.89. The summed E-state index contributed by atoms with van der Waals surface area (Å²) in [6, 6.07) is 3.56. The van der Waals surface area contributed by atoms with Gasteiger partial charge in [-0.05, 0) is 18.2 Å². The van der Waals surface area contributed by atoms with E-state index < -0.39 is 16.0 Å². The second-order valence-electron chi connectivity index (χ2n) is 3.37. The molecule has 0 spiro atoms. The molecule has 0 aliphatic rings. The van der Waals surface area contributed by atoms with Crippen molar-refractivity contribution in [2.24, 2.45) is 0 Å². The number of benzene rings is 1. The van der Waals surface area contributed by atoms with E-state index in [4.69, 9.17) is 16.7 Å². The van der Waals surface area contributed by atoms with Gasteiger partial charge in [-0.25, -0.2) is 17.5 Å². The molecule has 0 aliphatic carbocycles. The molecule has 1 N–H and O–H groups in total. The van der Waals surface area contributed by atoms with Gasteiger partial charge in [0.15, 0.2) is 0 Å². The number of carboxylic acids is 1. The van der Waals surface area contributed by atoms with E-state index in [1.165, 1.54) is 19.2 Å². The van der Waals surface area contributed by atoms with Gasteiger partial charge in [-0.3, -0.25) is 0 Å². The fourth-order valence-electron chi connectivity index (χ4n) is 1.18. The maximum atomic E-state index is 11.9. The van der Waals surface area contributed by atoms with Gasteiger partial charge in [-0.2, -0.15) is 0 Å². The van der Waals surface area contributed by atoms with Crippen molar-refractivity contribution in [2.75, 3.05) is 13.6 Å². The Kier molecular flexibility index (Phi) is 4.13. The molecule has 0 amide bonds. The van der Waals surface area contributed by atoms with Crippen molar-refractivity contribution >= 4 is 27.6 Å². The van der Waals surface area contributed by atoms with Crippen molar-refractivity contribution in [3.05, 3.63) is 28.8 Å². The summed E-state index contributed by atoms with van der Waals surface area (Å²) in [5.41, 5.74) is -0.121. The molecule has 0 radical (unpaired) electrons. The van der Waals surface area contributed by atoms with Gasteiger partial charge in [-0.1, -0.05) is 18.5 Å². The zero-order valence-electron chi connectivity index (χ0n) is 9.34. The molecule has 0 aromatic heterocycles. The Labute approximate surface area is 105 Å². The second-order valence-corrected chi connectivity index (χ2v) is 5.82. The number of halogens is 1. The number of sulfonamides is 1. The molecule has 5 nitrogen and oxygen atoms in total. The van der Waals surface area contributed by atoms with Gasteiger partial charge in [0.05, 0.1) is 15.5 Å². The molecule has 0 atom stereocenters. The summed E-state index contributed by atoms with van der Waals surface area (Å²) < 4.78 is 25.0. The molecule has 0 aliphatic heterocycles. The Morgan fingerprint density at radius 3 is 2.47 bits per heavy atom. The van der Waals surface area contributed by atoms with Gasteiger partial charge >= 0.3 is 5.97 Å². The van der Waals surface area contributed by atoms with Crippen molar-refractivity contribution in [3.63, 3.8) is 0 Å². The molecule has 0 saturated heterocycles. The highest BCUT2D eigenvalue weighted by Crippen LogP contribution is 2.22. The average Bonchev–Trinajstić information content (AvgIpc) is 2.27. The number of carbonyl (C=O) groups is 1. The summed E-state index contributed by atoms with van der Waals surface area (Å²) in [6.45, 7) is 2.02. The third-order valence-corrected chi connectivity index (χ3v) is 4.57. The van der Waals surface area contributed by atoms with E-state index in [-0.39, 0.29) is 15.5 Å². The topological polar surface area (TPSA) is 74.7 Å².